The van der Waals surface area contributed by atoms with E-state index in [-0.39, 0.29) is 11.9 Å². The molecule has 1 aliphatic rings. The molecule has 1 unspecified atom stereocenters. The average molecular weight is 266 g/mol. The lowest BCUT2D eigenvalue weighted by Crippen LogP contribution is -2.23. The number of rotatable bonds is 6. The topological polar surface area (TPSA) is 50.4 Å². The van der Waals surface area contributed by atoms with E-state index in [1.54, 1.807) is 25.9 Å². The summed E-state index contributed by atoms with van der Waals surface area (Å²) in [5.74, 6) is 1.05. The summed E-state index contributed by atoms with van der Waals surface area (Å²) in [4.78, 5) is 12.9. The van der Waals surface area contributed by atoms with Gasteiger partial charge in [-0.25, -0.2) is 0 Å². The zero-order valence-electron chi connectivity index (χ0n) is 10.7. The molecule has 18 heavy (non-hydrogen) atoms. The first-order valence-corrected chi connectivity index (χ1v) is 6.98. The van der Waals surface area contributed by atoms with Crippen molar-refractivity contribution in [1.29, 1.82) is 0 Å². The van der Waals surface area contributed by atoms with E-state index in [2.05, 4.69) is 16.7 Å². The predicted octanol–water partition coefficient (Wildman–Crippen LogP) is 2.03. The molecule has 1 atom stereocenters. The Bertz CT molecular complexity index is 437. The minimum absolute atomic E-state index is 0.0223. The monoisotopic (exact) mass is 266 g/mol. The highest BCUT2D eigenvalue weighted by Gasteiger charge is 2.28. The van der Waals surface area contributed by atoms with Crippen LogP contribution in [0.25, 0.3) is 0 Å². The standard InChI is InChI=1S/C13H18N2O2S/c1-14-12-10-5-4-9(18-7-3-6-17-2)8-11(10)15-13(12)16/h4-5,8,12,14H,3,6-7H2,1-2H3,(H,15,16). The minimum Gasteiger partial charge on any atom is -0.385 e. The first kappa shape index (κ1) is 13.4. The fourth-order valence-electron chi connectivity index (χ4n) is 2.01. The molecule has 0 fully saturated rings. The lowest BCUT2D eigenvalue weighted by molar-refractivity contribution is -0.117. The SMILES string of the molecule is CNC1C(=O)Nc2cc(SCCCOC)ccc21. The smallest absolute Gasteiger partial charge is 0.246 e. The van der Waals surface area contributed by atoms with Crippen LogP contribution in [0.1, 0.15) is 18.0 Å². The van der Waals surface area contributed by atoms with E-state index in [4.69, 9.17) is 4.74 Å². The van der Waals surface area contributed by atoms with Crippen LogP contribution in [0, 0.1) is 0 Å². The number of likely N-dealkylation sites (N-methyl/N-ethyl adjacent to an activating group) is 1. The van der Waals surface area contributed by atoms with E-state index >= 15 is 0 Å². The number of fused-ring (bicyclic) bond motifs is 1. The zero-order chi connectivity index (χ0) is 13.0. The van der Waals surface area contributed by atoms with Gasteiger partial charge in [0.1, 0.15) is 6.04 Å². The van der Waals surface area contributed by atoms with Gasteiger partial charge < -0.3 is 15.4 Å². The van der Waals surface area contributed by atoms with Crippen molar-refractivity contribution < 1.29 is 9.53 Å². The molecule has 0 aliphatic carbocycles. The van der Waals surface area contributed by atoms with Gasteiger partial charge in [0, 0.05) is 35.6 Å². The Balaban J connectivity index is 2.01. The number of benzene rings is 1. The normalized spacial score (nSPS) is 17.7. The van der Waals surface area contributed by atoms with Gasteiger partial charge in [-0.15, -0.1) is 11.8 Å². The predicted molar refractivity (Wildman–Crippen MR) is 74.1 cm³/mol. The number of methoxy groups -OCH3 is 1. The molecule has 0 aromatic heterocycles. The van der Waals surface area contributed by atoms with Crippen LogP contribution >= 0.6 is 11.8 Å². The van der Waals surface area contributed by atoms with E-state index in [0.717, 1.165) is 30.0 Å². The Kier molecular flexibility index (Phi) is 4.63. The van der Waals surface area contributed by atoms with Crippen LogP contribution in [-0.2, 0) is 9.53 Å². The maximum Gasteiger partial charge on any atom is 0.246 e. The molecule has 2 rings (SSSR count). The van der Waals surface area contributed by atoms with Crippen LogP contribution < -0.4 is 10.6 Å². The molecular formula is C13H18N2O2S. The number of carbonyl (C=O) groups is 1. The van der Waals surface area contributed by atoms with E-state index < -0.39 is 0 Å². The Morgan fingerprint density at radius 2 is 2.33 bits per heavy atom. The molecule has 0 spiro atoms. The highest BCUT2D eigenvalue weighted by atomic mass is 32.2. The van der Waals surface area contributed by atoms with E-state index in [9.17, 15) is 4.79 Å². The zero-order valence-corrected chi connectivity index (χ0v) is 11.5. The first-order valence-electron chi connectivity index (χ1n) is 6.00. The molecule has 5 heteroatoms. The number of carbonyl (C=O) groups excluding carboxylic acids is 1. The third-order valence-electron chi connectivity index (χ3n) is 2.91. The Morgan fingerprint density at radius 3 is 3.06 bits per heavy atom. The van der Waals surface area contributed by atoms with Crippen molar-refractivity contribution in [2.75, 3.05) is 31.8 Å². The van der Waals surface area contributed by atoms with Gasteiger partial charge in [0.15, 0.2) is 0 Å². The molecule has 0 saturated carbocycles. The summed E-state index contributed by atoms with van der Waals surface area (Å²) in [6.45, 7) is 0.788. The van der Waals surface area contributed by atoms with E-state index in [1.807, 2.05) is 12.1 Å². The molecule has 0 radical (unpaired) electrons. The minimum atomic E-state index is -0.215. The van der Waals surface area contributed by atoms with Gasteiger partial charge in [0.05, 0.1) is 0 Å². The summed E-state index contributed by atoms with van der Waals surface area (Å²) in [6.07, 6.45) is 1.03. The third kappa shape index (κ3) is 2.85. The first-order chi connectivity index (χ1) is 8.76. The quantitative estimate of drug-likeness (QED) is 0.611. The summed E-state index contributed by atoms with van der Waals surface area (Å²) >= 11 is 1.78. The van der Waals surface area contributed by atoms with Crippen molar-refractivity contribution in [2.45, 2.75) is 17.4 Å². The number of amides is 1. The molecular weight excluding hydrogens is 248 g/mol. The number of hydrogen-bond acceptors (Lipinski definition) is 4. The maximum atomic E-state index is 11.7. The molecule has 2 N–H and O–H groups in total. The summed E-state index contributed by atoms with van der Waals surface area (Å²) in [6, 6.07) is 5.92. The van der Waals surface area contributed by atoms with E-state index in [0.29, 0.717) is 0 Å². The fraction of sp³-hybridized carbons (Fsp3) is 0.462. The fourth-order valence-corrected chi connectivity index (χ4v) is 2.87. The summed E-state index contributed by atoms with van der Waals surface area (Å²) in [7, 11) is 3.51. The van der Waals surface area contributed by atoms with Crippen molar-refractivity contribution in [3.8, 4) is 0 Å². The lowest BCUT2D eigenvalue weighted by Gasteiger charge is -2.07. The average Bonchev–Trinajstić information content (AvgIpc) is 2.69. The highest BCUT2D eigenvalue weighted by Crippen LogP contribution is 2.34. The summed E-state index contributed by atoms with van der Waals surface area (Å²) in [5.41, 5.74) is 1.96. The van der Waals surface area contributed by atoms with Crippen LogP contribution in [0.2, 0.25) is 0 Å². The van der Waals surface area contributed by atoms with Gasteiger partial charge in [0.2, 0.25) is 5.91 Å². The second-order valence-corrected chi connectivity index (χ2v) is 5.32. The van der Waals surface area contributed by atoms with Crippen LogP contribution in [0.5, 0.6) is 0 Å². The van der Waals surface area contributed by atoms with Crippen molar-refractivity contribution in [1.82, 2.24) is 5.32 Å². The van der Waals surface area contributed by atoms with Crippen LogP contribution in [0.15, 0.2) is 23.1 Å². The number of hydrogen-bond donors (Lipinski definition) is 2. The van der Waals surface area contributed by atoms with Gasteiger partial charge in [-0.05, 0) is 25.6 Å². The number of thioether (sulfide) groups is 1. The largest absolute Gasteiger partial charge is 0.385 e. The number of nitrogens with one attached hydrogen (secondary N) is 2. The van der Waals surface area contributed by atoms with Crippen LogP contribution in [0.4, 0.5) is 5.69 Å². The van der Waals surface area contributed by atoms with Gasteiger partial charge in [-0.3, -0.25) is 4.79 Å². The second kappa shape index (κ2) is 6.22. The van der Waals surface area contributed by atoms with Crippen LogP contribution in [-0.4, -0.2) is 32.4 Å². The maximum absolute atomic E-state index is 11.7. The molecule has 4 nitrogen and oxygen atoms in total. The number of anilines is 1. The Morgan fingerprint density at radius 1 is 1.50 bits per heavy atom. The van der Waals surface area contributed by atoms with Gasteiger partial charge >= 0.3 is 0 Å². The van der Waals surface area contributed by atoms with Gasteiger partial charge in [0.25, 0.3) is 0 Å². The van der Waals surface area contributed by atoms with Crippen LogP contribution in [0.3, 0.4) is 0 Å². The van der Waals surface area contributed by atoms with E-state index in [1.165, 1.54) is 4.90 Å². The van der Waals surface area contributed by atoms with Crippen molar-refractivity contribution in [3.63, 3.8) is 0 Å². The molecule has 1 heterocycles. The van der Waals surface area contributed by atoms with Gasteiger partial charge in [-0.1, -0.05) is 6.07 Å². The molecule has 1 aromatic rings. The Labute approximate surface area is 111 Å². The van der Waals surface area contributed by atoms with Crippen molar-refractivity contribution >= 4 is 23.4 Å². The molecule has 1 amide bonds. The van der Waals surface area contributed by atoms with Crippen molar-refractivity contribution in [3.05, 3.63) is 23.8 Å². The van der Waals surface area contributed by atoms with Crippen molar-refractivity contribution in [2.24, 2.45) is 0 Å². The second-order valence-electron chi connectivity index (χ2n) is 4.15. The molecule has 0 saturated heterocycles. The number of ether oxygens (including phenoxy) is 1. The lowest BCUT2D eigenvalue weighted by atomic mass is 10.1. The summed E-state index contributed by atoms with van der Waals surface area (Å²) < 4.78 is 5.02. The summed E-state index contributed by atoms with van der Waals surface area (Å²) in [5, 5.41) is 5.91. The Hall–Kier alpha value is -1.04. The highest BCUT2D eigenvalue weighted by molar-refractivity contribution is 7.99. The third-order valence-corrected chi connectivity index (χ3v) is 3.99. The molecule has 0 bridgehead atoms. The molecule has 98 valence electrons. The molecule has 1 aromatic carbocycles. The molecule has 1 aliphatic heterocycles. The van der Waals surface area contributed by atoms with Gasteiger partial charge in [-0.2, -0.15) is 0 Å².